The van der Waals surface area contributed by atoms with Crippen LogP contribution in [-0.4, -0.2) is 39.4 Å². The molecule has 4 rings (SSSR count). The predicted octanol–water partition coefficient (Wildman–Crippen LogP) is 4.40. The molecular formula is C21H20ClN3O3S. The lowest BCUT2D eigenvalue weighted by Crippen LogP contribution is -2.31. The van der Waals surface area contributed by atoms with Crippen molar-refractivity contribution < 1.29 is 14.3 Å². The van der Waals surface area contributed by atoms with Crippen LogP contribution in [0.15, 0.2) is 60.0 Å². The van der Waals surface area contributed by atoms with Gasteiger partial charge >= 0.3 is 0 Å². The molecule has 0 N–H and O–H groups in total. The molecule has 1 aromatic heterocycles. The van der Waals surface area contributed by atoms with Gasteiger partial charge in [-0.1, -0.05) is 29.4 Å². The zero-order valence-electron chi connectivity index (χ0n) is 15.9. The Morgan fingerprint density at radius 3 is 2.79 bits per heavy atom. The Labute approximate surface area is 178 Å². The second-order valence-electron chi connectivity index (χ2n) is 6.44. The van der Waals surface area contributed by atoms with Gasteiger partial charge < -0.3 is 14.4 Å². The Kier molecular flexibility index (Phi) is 5.97. The Balaban J connectivity index is 1.40. The molecule has 0 atom stereocenters. The molecule has 0 aliphatic carbocycles. The van der Waals surface area contributed by atoms with Gasteiger partial charge in [-0.15, -0.1) is 0 Å². The average molecular weight is 430 g/mol. The molecule has 0 radical (unpaired) electrons. The van der Waals surface area contributed by atoms with Gasteiger partial charge in [-0.05, 0) is 48.9 Å². The maximum absolute atomic E-state index is 12.8. The molecule has 1 amide bonds. The summed E-state index contributed by atoms with van der Waals surface area (Å²) in [5.41, 5.74) is 1.96. The number of hydrogen-bond donors (Lipinski definition) is 0. The third-order valence-electron chi connectivity index (χ3n) is 4.58. The lowest BCUT2D eigenvalue weighted by molar-refractivity contribution is -0.128. The zero-order valence-corrected chi connectivity index (χ0v) is 17.4. The first-order chi connectivity index (χ1) is 14.1. The largest absolute Gasteiger partial charge is 0.454 e. The van der Waals surface area contributed by atoms with E-state index in [-0.39, 0.29) is 12.7 Å². The lowest BCUT2D eigenvalue weighted by atomic mass is 10.2. The third kappa shape index (κ3) is 4.52. The molecule has 2 aromatic carbocycles. The van der Waals surface area contributed by atoms with Crippen LogP contribution >= 0.6 is 23.4 Å². The Morgan fingerprint density at radius 1 is 1.21 bits per heavy atom. The van der Waals surface area contributed by atoms with Crippen LogP contribution in [0.1, 0.15) is 12.5 Å². The van der Waals surface area contributed by atoms with Crippen LogP contribution < -0.4 is 9.47 Å². The van der Waals surface area contributed by atoms with Crippen LogP contribution in [0.5, 0.6) is 11.5 Å². The minimum Gasteiger partial charge on any atom is -0.454 e. The van der Waals surface area contributed by atoms with Crippen LogP contribution in [0.25, 0.3) is 5.69 Å². The molecule has 0 spiro atoms. The minimum atomic E-state index is 0.0563. The predicted molar refractivity (Wildman–Crippen MR) is 113 cm³/mol. The topological polar surface area (TPSA) is 56.6 Å². The molecule has 3 aromatic rings. The highest BCUT2D eigenvalue weighted by Crippen LogP contribution is 2.33. The van der Waals surface area contributed by atoms with Crippen LogP contribution in [0.4, 0.5) is 0 Å². The Morgan fingerprint density at radius 2 is 2.00 bits per heavy atom. The van der Waals surface area contributed by atoms with Crippen molar-refractivity contribution in [1.29, 1.82) is 0 Å². The summed E-state index contributed by atoms with van der Waals surface area (Å²) in [7, 11) is 0. The molecule has 8 heteroatoms. The average Bonchev–Trinajstić information content (AvgIpc) is 3.39. The Bertz CT molecular complexity index is 1010. The number of halogens is 1. The molecule has 0 fully saturated rings. The van der Waals surface area contributed by atoms with E-state index in [1.807, 2.05) is 65.1 Å². The molecule has 1 aliphatic heterocycles. The molecule has 0 saturated heterocycles. The summed E-state index contributed by atoms with van der Waals surface area (Å²) in [6.45, 7) is 3.37. The molecule has 2 heterocycles. The number of ether oxygens (including phenoxy) is 2. The van der Waals surface area contributed by atoms with E-state index >= 15 is 0 Å². The second-order valence-corrected chi connectivity index (χ2v) is 7.82. The molecule has 0 bridgehead atoms. The van der Waals surface area contributed by atoms with Crippen molar-refractivity contribution in [2.45, 2.75) is 18.6 Å². The fraction of sp³-hybridized carbons (Fsp3) is 0.238. The number of thioether (sulfide) groups is 1. The third-order valence-corrected chi connectivity index (χ3v) is 5.78. The number of carbonyl (C=O) groups excluding carboxylic acids is 1. The van der Waals surface area contributed by atoms with Crippen molar-refractivity contribution in [3.8, 4) is 17.2 Å². The second kappa shape index (κ2) is 8.80. The van der Waals surface area contributed by atoms with Gasteiger partial charge in [-0.3, -0.25) is 9.36 Å². The van der Waals surface area contributed by atoms with Crippen LogP contribution in [0, 0.1) is 0 Å². The highest BCUT2D eigenvalue weighted by atomic mass is 35.5. The van der Waals surface area contributed by atoms with Crippen LogP contribution in [0.2, 0.25) is 5.02 Å². The zero-order chi connectivity index (χ0) is 20.2. The molecule has 0 saturated carbocycles. The van der Waals surface area contributed by atoms with E-state index in [0.29, 0.717) is 23.9 Å². The fourth-order valence-electron chi connectivity index (χ4n) is 3.05. The summed E-state index contributed by atoms with van der Waals surface area (Å²) in [4.78, 5) is 19.0. The lowest BCUT2D eigenvalue weighted by Gasteiger charge is -2.21. The smallest absolute Gasteiger partial charge is 0.233 e. The van der Waals surface area contributed by atoms with Crippen LogP contribution in [0.3, 0.4) is 0 Å². The van der Waals surface area contributed by atoms with Crippen molar-refractivity contribution in [2.75, 3.05) is 19.1 Å². The van der Waals surface area contributed by atoms with E-state index in [4.69, 9.17) is 21.1 Å². The summed E-state index contributed by atoms with van der Waals surface area (Å²) >= 11 is 7.39. The number of imidazole rings is 1. The summed E-state index contributed by atoms with van der Waals surface area (Å²) in [6.07, 6.45) is 3.60. The van der Waals surface area contributed by atoms with Gasteiger partial charge in [0.1, 0.15) is 0 Å². The number of rotatable bonds is 7. The quantitative estimate of drug-likeness (QED) is 0.521. The maximum Gasteiger partial charge on any atom is 0.233 e. The first kappa shape index (κ1) is 19.7. The SMILES string of the molecule is CCN(Cc1ccc2c(c1)OCO2)C(=O)CSc1nccn1-c1ccc(Cl)cc1. The number of nitrogens with zero attached hydrogens (tertiary/aromatic N) is 3. The van der Waals surface area contributed by atoms with Crippen molar-refractivity contribution >= 4 is 29.3 Å². The number of carbonyl (C=O) groups is 1. The van der Waals surface area contributed by atoms with Gasteiger partial charge in [-0.2, -0.15) is 0 Å². The molecule has 1 aliphatic rings. The van der Waals surface area contributed by atoms with Crippen molar-refractivity contribution in [3.63, 3.8) is 0 Å². The summed E-state index contributed by atoms with van der Waals surface area (Å²) in [5.74, 6) is 1.84. The summed E-state index contributed by atoms with van der Waals surface area (Å²) in [6, 6.07) is 13.3. The number of amides is 1. The normalized spacial score (nSPS) is 12.2. The minimum absolute atomic E-state index is 0.0563. The van der Waals surface area contributed by atoms with Gasteiger partial charge in [0, 0.05) is 36.2 Å². The molecule has 0 unspecified atom stereocenters. The molecule has 6 nitrogen and oxygen atoms in total. The standard InChI is InChI=1S/C21H20ClN3O3S/c1-2-24(12-15-3-8-18-19(11-15)28-14-27-18)20(26)13-29-21-23-9-10-25(21)17-6-4-16(22)5-7-17/h3-11H,2,12-14H2,1H3. The number of aromatic nitrogens is 2. The highest BCUT2D eigenvalue weighted by molar-refractivity contribution is 7.99. The van der Waals surface area contributed by atoms with E-state index in [1.165, 1.54) is 11.8 Å². The van der Waals surface area contributed by atoms with Gasteiger partial charge in [0.25, 0.3) is 0 Å². The van der Waals surface area contributed by atoms with Gasteiger partial charge in [0.2, 0.25) is 12.7 Å². The first-order valence-electron chi connectivity index (χ1n) is 9.22. The van der Waals surface area contributed by atoms with Gasteiger partial charge in [0.05, 0.1) is 5.75 Å². The Hall–Kier alpha value is -2.64. The summed E-state index contributed by atoms with van der Waals surface area (Å²) < 4.78 is 12.7. The monoisotopic (exact) mass is 429 g/mol. The summed E-state index contributed by atoms with van der Waals surface area (Å²) in [5, 5.41) is 1.44. The van der Waals surface area contributed by atoms with Crippen LogP contribution in [-0.2, 0) is 11.3 Å². The first-order valence-corrected chi connectivity index (χ1v) is 10.6. The van der Waals surface area contributed by atoms with Crippen molar-refractivity contribution in [3.05, 3.63) is 65.4 Å². The molecule has 29 heavy (non-hydrogen) atoms. The maximum atomic E-state index is 12.8. The molecule has 150 valence electrons. The fourth-order valence-corrected chi connectivity index (χ4v) is 4.05. The number of hydrogen-bond acceptors (Lipinski definition) is 5. The van der Waals surface area contributed by atoms with Crippen molar-refractivity contribution in [1.82, 2.24) is 14.5 Å². The van der Waals surface area contributed by atoms with Crippen molar-refractivity contribution in [2.24, 2.45) is 0 Å². The van der Waals surface area contributed by atoms with Gasteiger partial charge in [0.15, 0.2) is 16.7 Å². The van der Waals surface area contributed by atoms with E-state index in [9.17, 15) is 4.79 Å². The molecular weight excluding hydrogens is 410 g/mol. The van der Waals surface area contributed by atoms with E-state index in [2.05, 4.69) is 4.98 Å². The number of benzene rings is 2. The number of fused-ring (bicyclic) bond motifs is 1. The van der Waals surface area contributed by atoms with E-state index in [0.717, 1.165) is 27.9 Å². The highest BCUT2D eigenvalue weighted by Gasteiger charge is 2.18. The van der Waals surface area contributed by atoms with E-state index < -0.39 is 0 Å². The van der Waals surface area contributed by atoms with Gasteiger partial charge in [-0.25, -0.2) is 4.98 Å². The van der Waals surface area contributed by atoms with E-state index in [1.54, 1.807) is 6.20 Å².